The molecule has 0 bridgehead atoms. The normalized spacial score (nSPS) is 15.3. The standard InChI is InChI=1S/C17H23FN2O2/c1-14(21)20(12-15-8-4-5-9-16(15)18)13-17(22)19-10-6-2-3-7-11-19/h4-5,8-9H,2-3,6-7,10-13H2,1H3. The van der Waals surface area contributed by atoms with Gasteiger partial charge < -0.3 is 9.80 Å². The van der Waals surface area contributed by atoms with E-state index in [9.17, 15) is 14.0 Å². The number of benzene rings is 1. The average molecular weight is 306 g/mol. The summed E-state index contributed by atoms with van der Waals surface area (Å²) < 4.78 is 13.7. The Hall–Kier alpha value is -1.91. The largest absolute Gasteiger partial charge is 0.341 e. The number of nitrogens with zero attached hydrogens (tertiary/aromatic N) is 2. The first-order valence-corrected chi connectivity index (χ1v) is 7.84. The molecule has 0 radical (unpaired) electrons. The second-order valence-corrected chi connectivity index (χ2v) is 5.76. The van der Waals surface area contributed by atoms with Crippen LogP contribution in [0, 0.1) is 5.82 Å². The van der Waals surface area contributed by atoms with Gasteiger partial charge in [-0.1, -0.05) is 31.0 Å². The van der Waals surface area contributed by atoms with Crippen LogP contribution in [0.25, 0.3) is 0 Å². The van der Waals surface area contributed by atoms with Gasteiger partial charge in [-0.25, -0.2) is 4.39 Å². The van der Waals surface area contributed by atoms with Crippen LogP contribution in [0.3, 0.4) is 0 Å². The number of rotatable bonds is 4. The van der Waals surface area contributed by atoms with Crippen LogP contribution in [-0.2, 0) is 16.1 Å². The van der Waals surface area contributed by atoms with Gasteiger partial charge in [0.2, 0.25) is 11.8 Å². The monoisotopic (exact) mass is 306 g/mol. The van der Waals surface area contributed by atoms with E-state index in [1.54, 1.807) is 18.2 Å². The van der Waals surface area contributed by atoms with Crippen molar-refractivity contribution in [3.8, 4) is 0 Å². The Labute approximate surface area is 130 Å². The van der Waals surface area contributed by atoms with Crippen molar-refractivity contribution in [1.29, 1.82) is 0 Å². The predicted molar refractivity (Wildman–Crippen MR) is 82.5 cm³/mol. The van der Waals surface area contributed by atoms with E-state index in [1.807, 2.05) is 4.90 Å². The lowest BCUT2D eigenvalue weighted by atomic mass is 10.2. The number of carbonyl (C=O) groups is 2. The Morgan fingerprint density at radius 2 is 1.77 bits per heavy atom. The highest BCUT2D eigenvalue weighted by atomic mass is 19.1. The van der Waals surface area contributed by atoms with Crippen molar-refractivity contribution in [3.63, 3.8) is 0 Å². The van der Waals surface area contributed by atoms with Crippen molar-refractivity contribution < 1.29 is 14.0 Å². The van der Waals surface area contributed by atoms with Gasteiger partial charge in [0.1, 0.15) is 12.4 Å². The molecule has 1 saturated heterocycles. The first-order valence-electron chi connectivity index (χ1n) is 7.84. The van der Waals surface area contributed by atoms with Crippen molar-refractivity contribution in [2.75, 3.05) is 19.6 Å². The molecule has 1 fully saturated rings. The van der Waals surface area contributed by atoms with Gasteiger partial charge in [0.15, 0.2) is 0 Å². The van der Waals surface area contributed by atoms with Crippen LogP contribution >= 0.6 is 0 Å². The molecule has 0 aromatic heterocycles. The highest BCUT2D eigenvalue weighted by Gasteiger charge is 2.21. The molecule has 1 aromatic carbocycles. The fraction of sp³-hybridized carbons (Fsp3) is 0.529. The van der Waals surface area contributed by atoms with Crippen LogP contribution in [0.2, 0.25) is 0 Å². The molecule has 5 heteroatoms. The van der Waals surface area contributed by atoms with E-state index in [4.69, 9.17) is 0 Å². The fourth-order valence-electron chi connectivity index (χ4n) is 2.69. The third-order valence-corrected chi connectivity index (χ3v) is 4.05. The number of hydrogen-bond acceptors (Lipinski definition) is 2. The van der Waals surface area contributed by atoms with Gasteiger partial charge in [-0.2, -0.15) is 0 Å². The number of hydrogen-bond donors (Lipinski definition) is 0. The summed E-state index contributed by atoms with van der Waals surface area (Å²) in [5.41, 5.74) is 0.432. The molecule has 0 N–H and O–H groups in total. The molecule has 2 amide bonds. The number of carbonyl (C=O) groups excluding carboxylic acids is 2. The summed E-state index contributed by atoms with van der Waals surface area (Å²) in [7, 11) is 0. The van der Waals surface area contributed by atoms with Crippen LogP contribution in [0.5, 0.6) is 0 Å². The van der Waals surface area contributed by atoms with E-state index < -0.39 is 0 Å². The number of amides is 2. The topological polar surface area (TPSA) is 40.6 Å². The van der Waals surface area contributed by atoms with Gasteiger partial charge in [-0.15, -0.1) is 0 Å². The molecule has 22 heavy (non-hydrogen) atoms. The zero-order valence-electron chi connectivity index (χ0n) is 13.1. The summed E-state index contributed by atoms with van der Waals surface area (Å²) >= 11 is 0. The molecule has 0 spiro atoms. The second kappa shape index (κ2) is 7.92. The number of halogens is 1. The Kier molecular flexibility index (Phi) is 5.92. The lowest BCUT2D eigenvalue weighted by molar-refractivity contribution is -0.139. The molecule has 0 saturated carbocycles. The van der Waals surface area contributed by atoms with E-state index in [2.05, 4.69) is 0 Å². The SMILES string of the molecule is CC(=O)N(CC(=O)N1CCCCCC1)Cc1ccccc1F. The first kappa shape index (κ1) is 16.5. The van der Waals surface area contributed by atoms with Gasteiger partial charge in [0, 0.05) is 32.1 Å². The van der Waals surface area contributed by atoms with Crippen molar-refractivity contribution in [1.82, 2.24) is 9.80 Å². The van der Waals surface area contributed by atoms with Crippen molar-refractivity contribution in [2.24, 2.45) is 0 Å². The maximum atomic E-state index is 13.7. The molecule has 120 valence electrons. The Balaban J connectivity index is 2.00. The highest BCUT2D eigenvalue weighted by Crippen LogP contribution is 2.13. The summed E-state index contributed by atoms with van der Waals surface area (Å²) in [6, 6.07) is 6.35. The zero-order valence-corrected chi connectivity index (χ0v) is 13.1. The summed E-state index contributed by atoms with van der Waals surface area (Å²) in [4.78, 5) is 27.4. The number of likely N-dealkylation sites (tertiary alicyclic amines) is 1. The van der Waals surface area contributed by atoms with Crippen LogP contribution in [0.15, 0.2) is 24.3 Å². The van der Waals surface area contributed by atoms with Crippen LogP contribution in [-0.4, -0.2) is 41.2 Å². The third kappa shape index (κ3) is 4.55. The Bertz CT molecular complexity index is 525. The van der Waals surface area contributed by atoms with Crippen molar-refractivity contribution in [2.45, 2.75) is 39.2 Å². The zero-order chi connectivity index (χ0) is 15.9. The second-order valence-electron chi connectivity index (χ2n) is 5.76. The van der Waals surface area contributed by atoms with Gasteiger partial charge in [0.25, 0.3) is 0 Å². The molecule has 4 nitrogen and oxygen atoms in total. The van der Waals surface area contributed by atoms with E-state index in [0.29, 0.717) is 5.56 Å². The quantitative estimate of drug-likeness (QED) is 0.858. The van der Waals surface area contributed by atoms with Crippen LogP contribution in [0.1, 0.15) is 38.2 Å². The maximum absolute atomic E-state index is 13.7. The average Bonchev–Trinajstić information content (AvgIpc) is 2.77. The Morgan fingerprint density at radius 3 is 2.36 bits per heavy atom. The predicted octanol–water partition coefficient (Wildman–Crippen LogP) is 2.58. The first-order chi connectivity index (χ1) is 10.6. The van der Waals surface area contributed by atoms with E-state index >= 15 is 0 Å². The van der Waals surface area contributed by atoms with E-state index in [0.717, 1.165) is 38.8 Å². The molecule has 1 heterocycles. The van der Waals surface area contributed by atoms with Crippen LogP contribution < -0.4 is 0 Å². The van der Waals surface area contributed by atoms with Gasteiger partial charge in [-0.05, 0) is 18.9 Å². The molecule has 0 aliphatic carbocycles. The van der Waals surface area contributed by atoms with Crippen molar-refractivity contribution in [3.05, 3.63) is 35.6 Å². The smallest absolute Gasteiger partial charge is 0.242 e. The highest BCUT2D eigenvalue weighted by molar-refractivity contribution is 5.83. The molecular weight excluding hydrogens is 283 g/mol. The lowest BCUT2D eigenvalue weighted by Crippen LogP contribution is -2.42. The third-order valence-electron chi connectivity index (χ3n) is 4.05. The van der Waals surface area contributed by atoms with Gasteiger partial charge in [0.05, 0.1) is 0 Å². The maximum Gasteiger partial charge on any atom is 0.242 e. The Morgan fingerprint density at radius 1 is 1.14 bits per heavy atom. The molecule has 0 atom stereocenters. The molecular formula is C17H23FN2O2. The summed E-state index contributed by atoms with van der Waals surface area (Å²) in [6.07, 6.45) is 4.32. The minimum Gasteiger partial charge on any atom is -0.341 e. The van der Waals surface area contributed by atoms with Crippen LogP contribution in [0.4, 0.5) is 4.39 Å². The molecule has 1 aliphatic heterocycles. The summed E-state index contributed by atoms with van der Waals surface area (Å²) in [5, 5.41) is 0. The van der Waals surface area contributed by atoms with E-state index in [1.165, 1.54) is 17.9 Å². The van der Waals surface area contributed by atoms with Gasteiger partial charge >= 0.3 is 0 Å². The lowest BCUT2D eigenvalue weighted by Gasteiger charge is -2.26. The summed E-state index contributed by atoms with van der Waals surface area (Å²) in [6.45, 7) is 3.07. The molecule has 2 rings (SSSR count). The minimum atomic E-state index is -0.351. The molecule has 1 aromatic rings. The molecule has 1 aliphatic rings. The fourth-order valence-corrected chi connectivity index (χ4v) is 2.69. The summed E-state index contributed by atoms with van der Waals surface area (Å²) in [5.74, 6) is -0.615. The molecule has 0 unspecified atom stereocenters. The van der Waals surface area contributed by atoms with E-state index in [-0.39, 0.29) is 30.7 Å². The van der Waals surface area contributed by atoms with Crippen molar-refractivity contribution >= 4 is 11.8 Å². The van der Waals surface area contributed by atoms with Gasteiger partial charge in [-0.3, -0.25) is 9.59 Å². The minimum absolute atomic E-state index is 0.0175.